The van der Waals surface area contributed by atoms with E-state index >= 15 is 0 Å². The molecule has 1 saturated carbocycles. The van der Waals surface area contributed by atoms with Crippen LogP contribution < -0.4 is 15.8 Å². The van der Waals surface area contributed by atoms with Crippen molar-refractivity contribution in [2.75, 3.05) is 26.0 Å². The first kappa shape index (κ1) is 15.6. The molecule has 116 valence electrons. The van der Waals surface area contributed by atoms with Crippen molar-refractivity contribution in [3.63, 3.8) is 0 Å². The third kappa shape index (κ3) is 3.47. The lowest BCUT2D eigenvalue weighted by Gasteiger charge is -2.43. The highest BCUT2D eigenvalue weighted by molar-refractivity contribution is 5.89. The number of hydrogen-bond donors (Lipinski definition) is 2. The number of carbonyl (C=O) groups excluding carboxylic acids is 1. The maximum atomic E-state index is 12.5. The number of nitrogens with two attached hydrogens (primary N) is 1. The smallest absolute Gasteiger partial charge is 0.322 e. The summed E-state index contributed by atoms with van der Waals surface area (Å²) in [5.41, 5.74) is 6.53. The van der Waals surface area contributed by atoms with E-state index in [0.29, 0.717) is 6.54 Å². The Morgan fingerprint density at radius 3 is 2.43 bits per heavy atom. The molecule has 0 aliphatic heterocycles. The van der Waals surface area contributed by atoms with Gasteiger partial charge in [-0.15, -0.1) is 0 Å². The van der Waals surface area contributed by atoms with Gasteiger partial charge >= 0.3 is 6.03 Å². The number of urea groups is 1. The maximum absolute atomic E-state index is 12.5. The van der Waals surface area contributed by atoms with Crippen LogP contribution in [0.15, 0.2) is 24.3 Å². The molecule has 1 aromatic carbocycles. The predicted molar refractivity (Wildman–Crippen MR) is 84.6 cm³/mol. The fourth-order valence-corrected chi connectivity index (χ4v) is 2.98. The van der Waals surface area contributed by atoms with Gasteiger partial charge in [-0.05, 0) is 37.1 Å². The van der Waals surface area contributed by atoms with Gasteiger partial charge in [0.05, 0.1) is 12.6 Å². The number of amides is 2. The van der Waals surface area contributed by atoms with Gasteiger partial charge in [0.1, 0.15) is 5.75 Å². The highest BCUT2D eigenvalue weighted by atomic mass is 16.5. The van der Waals surface area contributed by atoms with E-state index in [2.05, 4.69) is 5.32 Å². The molecule has 1 aliphatic carbocycles. The van der Waals surface area contributed by atoms with E-state index < -0.39 is 0 Å². The second-order valence-electron chi connectivity index (χ2n) is 5.71. The first-order chi connectivity index (χ1) is 10.1. The molecule has 0 unspecified atom stereocenters. The van der Waals surface area contributed by atoms with Gasteiger partial charge in [-0.25, -0.2) is 4.79 Å². The number of hydrogen-bond acceptors (Lipinski definition) is 3. The Bertz CT molecular complexity index is 467. The van der Waals surface area contributed by atoms with E-state index in [1.165, 1.54) is 6.42 Å². The van der Waals surface area contributed by atoms with Gasteiger partial charge in [-0.3, -0.25) is 0 Å². The third-order valence-electron chi connectivity index (χ3n) is 4.52. The molecule has 0 radical (unpaired) electrons. The lowest BCUT2D eigenvalue weighted by molar-refractivity contribution is 0.112. The zero-order valence-corrected chi connectivity index (χ0v) is 12.9. The zero-order chi connectivity index (χ0) is 15.3. The van der Waals surface area contributed by atoms with Crippen LogP contribution >= 0.6 is 0 Å². The van der Waals surface area contributed by atoms with Crippen LogP contribution in [0.1, 0.15) is 32.1 Å². The molecule has 3 N–H and O–H groups in total. The molecular formula is C16H25N3O2. The number of anilines is 1. The molecule has 21 heavy (non-hydrogen) atoms. The van der Waals surface area contributed by atoms with Crippen LogP contribution in [-0.4, -0.2) is 37.2 Å². The second kappa shape index (κ2) is 6.80. The van der Waals surface area contributed by atoms with Crippen LogP contribution in [0, 0.1) is 0 Å². The number of rotatable bonds is 4. The van der Waals surface area contributed by atoms with Crippen LogP contribution in [0.5, 0.6) is 5.75 Å². The van der Waals surface area contributed by atoms with E-state index in [4.69, 9.17) is 10.5 Å². The molecule has 0 heterocycles. The van der Waals surface area contributed by atoms with Crippen molar-refractivity contribution in [3.8, 4) is 5.75 Å². The van der Waals surface area contributed by atoms with Crippen LogP contribution in [0.25, 0.3) is 0 Å². The summed E-state index contributed by atoms with van der Waals surface area (Å²) in [5, 5.41) is 2.93. The fraction of sp³-hybridized carbons (Fsp3) is 0.562. The molecule has 1 aromatic rings. The minimum Gasteiger partial charge on any atom is -0.497 e. The van der Waals surface area contributed by atoms with Gasteiger partial charge in [-0.1, -0.05) is 19.3 Å². The molecule has 1 aliphatic rings. The first-order valence-corrected chi connectivity index (χ1v) is 7.50. The number of benzene rings is 1. The highest BCUT2D eigenvalue weighted by Gasteiger charge is 2.37. The standard InChI is InChI=1S/C16H25N3O2/c1-19(16(12-17)10-4-3-5-11-16)15(20)18-13-6-8-14(21-2)9-7-13/h6-9H,3-5,10-12,17H2,1-2H3,(H,18,20). The predicted octanol–water partition coefficient (Wildman–Crippen LogP) is 2.82. The maximum Gasteiger partial charge on any atom is 0.322 e. The average Bonchev–Trinajstić information content (AvgIpc) is 2.55. The van der Waals surface area contributed by atoms with Crippen molar-refractivity contribution in [2.24, 2.45) is 5.73 Å². The summed E-state index contributed by atoms with van der Waals surface area (Å²) in [6.45, 7) is 0.513. The summed E-state index contributed by atoms with van der Waals surface area (Å²) >= 11 is 0. The Balaban J connectivity index is 2.03. The van der Waals surface area contributed by atoms with Gasteiger partial charge < -0.3 is 20.7 Å². The molecule has 5 heteroatoms. The number of likely N-dealkylation sites (N-methyl/N-ethyl adjacent to an activating group) is 1. The van der Waals surface area contributed by atoms with Crippen molar-refractivity contribution >= 4 is 11.7 Å². The highest BCUT2D eigenvalue weighted by Crippen LogP contribution is 2.32. The minimum absolute atomic E-state index is 0.104. The second-order valence-corrected chi connectivity index (χ2v) is 5.71. The van der Waals surface area contributed by atoms with Crippen LogP contribution in [0.4, 0.5) is 10.5 Å². The van der Waals surface area contributed by atoms with Gasteiger partial charge in [-0.2, -0.15) is 0 Å². The molecule has 0 bridgehead atoms. The summed E-state index contributed by atoms with van der Waals surface area (Å²) in [5.74, 6) is 0.770. The van der Waals surface area contributed by atoms with Crippen molar-refractivity contribution in [2.45, 2.75) is 37.6 Å². The van der Waals surface area contributed by atoms with E-state index in [1.54, 1.807) is 12.0 Å². The third-order valence-corrected chi connectivity index (χ3v) is 4.52. The van der Waals surface area contributed by atoms with Crippen LogP contribution in [0.2, 0.25) is 0 Å². The summed E-state index contributed by atoms with van der Waals surface area (Å²) in [7, 11) is 3.46. The first-order valence-electron chi connectivity index (χ1n) is 7.50. The molecule has 0 spiro atoms. The minimum atomic E-state index is -0.200. The number of methoxy groups -OCH3 is 1. The molecule has 5 nitrogen and oxygen atoms in total. The van der Waals surface area contributed by atoms with E-state index in [9.17, 15) is 4.79 Å². The van der Waals surface area contributed by atoms with Crippen molar-refractivity contribution < 1.29 is 9.53 Å². The number of nitrogens with zero attached hydrogens (tertiary/aromatic N) is 1. The van der Waals surface area contributed by atoms with Crippen molar-refractivity contribution in [1.29, 1.82) is 0 Å². The molecular weight excluding hydrogens is 266 g/mol. The largest absolute Gasteiger partial charge is 0.497 e. The normalized spacial score (nSPS) is 17.1. The van der Waals surface area contributed by atoms with E-state index in [1.807, 2.05) is 31.3 Å². The molecule has 1 fully saturated rings. The average molecular weight is 291 g/mol. The lowest BCUT2D eigenvalue weighted by atomic mass is 9.80. The number of carbonyl (C=O) groups is 1. The molecule has 0 saturated heterocycles. The number of nitrogens with one attached hydrogen (secondary N) is 1. The van der Waals surface area contributed by atoms with Gasteiger partial charge in [0.25, 0.3) is 0 Å². The monoisotopic (exact) mass is 291 g/mol. The number of ether oxygens (including phenoxy) is 1. The molecule has 0 atom stereocenters. The van der Waals surface area contributed by atoms with Crippen molar-refractivity contribution in [3.05, 3.63) is 24.3 Å². The summed E-state index contributed by atoms with van der Waals surface area (Å²) in [6.07, 6.45) is 5.47. The Labute approximate surface area is 126 Å². The van der Waals surface area contributed by atoms with Gasteiger partial charge in [0.15, 0.2) is 0 Å². The fourth-order valence-electron chi connectivity index (χ4n) is 2.98. The molecule has 0 aromatic heterocycles. The summed E-state index contributed by atoms with van der Waals surface area (Å²) in [6, 6.07) is 7.22. The topological polar surface area (TPSA) is 67.6 Å². The van der Waals surface area contributed by atoms with Crippen molar-refractivity contribution in [1.82, 2.24) is 4.90 Å². The van der Waals surface area contributed by atoms with Gasteiger partial charge in [0, 0.05) is 19.3 Å². The Morgan fingerprint density at radius 1 is 1.29 bits per heavy atom. The molecule has 2 rings (SSSR count). The van der Waals surface area contributed by atoms with E-state index in [-0.39, 0.29) is 11.6 Å². The quantitative estimate of drug-likeness (QED) is 0.896. The summed E-state index contributed by atoms with van der Waals surface area (Å²) < 4.78 is 5.11. The zero-order valence-electron chi connectivity index (χ0n) is 12.9. The SMILES string of the molecule is COc1ccc(NC(=O)N(C)C2(CN)CCCCC2)cc1. The van der Waals surface area contributed by atoms with Gasteiger partial charge in [0.2, 0.25) is 0 Å². The lowest BCUT2D eigenvalue weighted by Crippen LogP contribution is -2.56. The van der Waals surface area contributed by atoms with Crippen LogP contribution in [-0.2, 0) is 0 Å². The Morgan fingerprint density at radius 2 is 1.90 bits per heavy atom. The summed E-state index contributed by atoms with van der Waals surface area (Å²) in [4.78, 5) is 14.2. The Hall–Kier alpha value is -1.75. The van der Waals surface area contributed by atoms with E-state index in [0.717, 1.165) is 37.1 Å². The van der Waals surface area contributed by atoms with Crippen LogP contribution in [0.3, 0.4) is 0 Å². The Kier molecular flexibility index (Phi) is 5.07. The molecule has 2 amide bonds.